The first-order chi connectivity index (χ1) is 12.6. The van der Waals surface area contributed by atoms with Crippen LogP contribution in [0.15, 0.2) is 48.7 Å². The SMILES string of the molecule is CCC(=O)Nc1cnc(N2CC=C(c3ccccc3)CC2)c(C(=O)O)c1.Cl. The number of aromatic nitrogens is 1. The molecule has 27 heavy (non-hydrogen) atoms. The molecule has 0 saturated carbocycles. The highest BCUT2D eigenvalue weighted by molar-refractivity contribution is 5.97. The van der Waals surface area contributed by atoms with E-state index in [0.717, 1.165) is 6.42 Å². The standard InChI is InChI=1S/C20H21N3O3.ClH/c1-2-18(24)22-16-12-17(20(25)26)19(21-13-16)23-10-8-15(9-11-23)14-6-4-3-5-7-14;/h3-8,12-13H,2,9-11H2,1H3,(H,22,24)(H,25,26);1H. The molecule has 1 aliphatic rings. The second-order valence-corrected chi connectivity index (χ2v) is 6.09. The average Bonchev–Trinajstić information content (AvgIpc) is 2.68. The zero-order valence-electron chi connectivity index (χ0n) is 15.0. The van der Waals surface area contributed by atoms with E-state index < -0.39 is 5.97 Å². The molecule has 0 aliphatic carbocycles. The van der Waals surface area contributed by atoms with Crippen LogP contribution < -0.4 is 10.2 Å². The van der Waals surface area contributed by atoms with Crippen molar-refractivity contribution in [2.24, 2.45) is 0 Å². The number of carboxylic acid groups (broad SMARTS) is 1. The molecule has 1 aromatic carbocycles. The molecule has 6 nitrogen and oxygen atoms in total. The van der Waals surface area contributed by atoms with Gasteiger partial charge in [-0.25, -0.2) is 9.78 Å². The van der Waals surface area contributed by atoms with E-state index >= 15 is 0 Å². The summed E-state index contributed by atoms with van der Waals surface area (Å²) in [7, 11) is 0. The number of carbonyl (C=O) groups is 2. The second kappa shape index (κ2) is 9.19. The van der Waals surface area contributed by atoms with Crippen LogP contribution in [0.2, 0.25) is 0 Å². The number of halogens is 1. The Morgan fingerprint density at radius 3 is 2.59 bits per heavy atom. The van der Waals surface area contributed by atoms with Gasteiger partial charge in [0.1, 0.15) is 11.4 Å². The Bertz CT molecular complexity index is 853. The Labute approximate surface area is 164 Å². The van der Waals surface area contributed by atoms with Crippen LogP contribution in [0.25, 0.3) is 5.57 Å². The summed E-state index contributed by atoms with van der Waals surface area (Å²) in [4.78, 5) is 29.4. The lowest BCUT2D eigenvalue weighted by Gasteiger charge is -2.28. The molecular formula is C20H22ClN3O3. The highest BCUT2D eigenvalue weighted by Gasteiger charge is 2.21. The highest BCUT2D eigenvalue weighted by Crippen LogP contribution is 2.27. The molecule has 2 N–H and O–H groups in total. The summed E-state index contributed by atoms with van der Waals surface area (Å²) in [6.07, 6.45) is 4.76. The van der Waals surface area contributed by atoms with Crippen molar-refractivity contribution < 1.29 is 14.7 Å². The van der Waals surface area contributed by atoms with E-state index in [-0.39, 0.29) is 23.9 Å². The third-order valence-electron chi connectivity index (χ3n) is 4.36. The van der Waals surface area contributed by atoms with Crippen LogP contribution in [0.5, 0.6) is 0 Å². The molecular weight excluding hydrogens is 366 g/mol. The first-order valence-corrected chi connectivity index (χ1v) is 8.61. The van der Waals surface area contributed by atoms with Crippen LogP contribution >= 0.6 is 12.4 Å². The molecule has 2 aromatic rings. The predicted molar refractivity (Wildman–Crippen MR) is 109 cm³/mol. The van der Waals surface area contributed by atoms with Crippen molar-refractivity contribution in [2.75, 3.05) is 23.3 Å². The average molecular weight is 388 g/mol. The fraction of sp³-hybridized carbons (Fsp3) is 0.250. The van der Waals surface area contributed by atoms with Gasteiger partial charge in [0.15, 0.2) is 0 Å². The maximum atomic E-state index is 11.7. The van der Waals surface area contributed by atoms with Gasteiger partial charge in [-0.2, -0.15) is 0 Å². The molecule has 0 radical (unpaired) electrons. The highest BCUT2D eigenvalue weighted by atomic mass is 35.5. The Balaban J connectivity index is 0.00000261. The van der Waals surface area contributed by atoms with E-state index in [9.17, 15) is 14.7 Å². The van der Waals surface area contributed by atoms with Crippen LogP contribution in [0.4, 0.5) is 11.5 Å². The van der Waals surface area contributed by atoms with Crippen LogP contribution in [0.1, 0.15) is 35.7 Å². The zero-order chi connectivity index (χ0) is 18.5. The molecule has 142 valence electrons. The van der Waals surface area contributed by atoms with Crippen molar-refractivity contribution >= 4 is 41.4 Å². The molecule has 0 fully saturated rings. The van der Waals surface area contributed by atoms with E-state index in [1.165, 1.54) is 23.4 Å². The third kappa shape index (κ3) is 4.86. The van der Waals surface area contributed by atoms with E-state index in [1.807, 2.05) is 23.1 Å². The summed E-state index contributed by atoms with van der Waals surface area (Å²) < 4.78 is 0. The number of anilines is 2. The summed E-state index contributed by atoms with van der Waals surface area (Å²) in [5, 5.41) is 12.2. The number of benzene rings is 1. The topological polar surface area (TPSA) is 82.5 Å². The third-order valence-corrected chi connectivity index (χ3v) is 4.36. The summed E-state index contributed by atoms with van der Waals surface area (Å²) >= 11 is 0. The van der Waals surface area contributed by atoms with E-state index in [1.54, 1.807) is 6.92 Å². The monoisotopic (exact) mass is 387 g/mol. The molecule has 0 unspecified atom stereocenters. The van der Waals surface area contributed by atoms with Gasteiger partial charge in [0.05, 0.1) is 11.9 Å². The van der Waals surface area contributed by atoms with Gasteiger partial charge in [-0.15, -0.1) is 12.4 Å². The molecule has 1 amide bonds. The number of carbonyl (C=O) groups excluding carboxylic acids is 1. The number of hydrogen-bond donors (Lipinski definition) is 2. The van der Waals surface area contributed by atoms with E-state index in [4.69, 9.17) is 0 Å². The molecule has 2 heterocycles. The van der Waals surface area contributed by atoms with Crippen molar-refractivity contribution in [2.45, 2.75) is 19.8 Å². The Morgan fingerprint density at radius 1 is 1.26 bits per heavy atom. The predicted octanol–water partition coefficient (Wildman–Crippen LogP) is 3.84. The molecule has 0 saturated heterocycles. The first kappa shape index (κ1) is 20.5. The van der Waals surface area contributed by atoms with Crippen LogP contribution in [-0.2, 0) is 4.79 Å². The molecule has 0 atom stereocenters. The number of nitrogens with one attached hydrogen (secondary N) is 1. The fourth-order valence-electron chi connectivity index (χ4n) is 2.96. The van der Waals surface area contributed by atoms with Crippen LogP contribution in [0, 0.1) is 0 Å². The number of rotatable bonds is 5. The first-order valence-electron chi connectivity index (χ1n) is 8.61. The number of carboxylic acids is 1. The smallest absolute Gasteiger partial charge is 0.339 e. The van der Waals surface area contributed by atoms with Gasteiger partial charge in [0.25, 0.3) is 0 Å². The minimum absolute atomic E-state index is 0. The van der Waals surface area contributed by atoms with Crippen molar-refractivity contribution in [3.63, 3.8) is 0 Å². The summed E-state index contributed by atoms with van der Waals surface area (Å²) in [5.41, 5.74) is 2.94. The maximum absolute atomic E-state index is 11.7. The Morgan fingerprint density at radius 2 is 2.00 bits per heavy atom. The van der Waals surface area contributed by atoms with Crippen molar-refractivity contribution in [3.05, 3.63) is 59.8 Å². The number of nitrogens with zero attached hydrogens (tertiary/aromatic N) is 2. The van der Waals surface area contributed by atoms with Gasteiger partial charge >= 0.3 is 5.97 Å². The summed E-state index contributed by atoms with van der Waals surface area (Å²) in [5.74, 6) is -0.808. The summed E-state index contributed by atoms with van der Waals surface area (Å²) in [6.45, 7) is 3.02. The lowest BCUT2D eigenvalue weighted by atomic mass is 9.99. The van der Waals surface area contributed by atoms with E-state index in [2.05, 4.69) is 28.5 Å². The quantitative estimate of drug-likeness (QED) is 0.814. The minimum atomic E-state index is -1.06. The van der Waals surface area contributed by atoms with Gasteiger partial charge in [0, 0.05) is 19.5 Å². The lowest BCUT2D eigenvalue weighted by Crippen LogP contribution is -2.30. The Hall–Kier alpha value is -2.86. The molecule has 0 spiro atoms. The van der Waals surface area contributed by atoms with Crippen LogP contribution in [0.3, 0.4) is 0 Å². The largest absolute Gasteiger partial charge is 0.478 e. The second-order valence-electron chi connectivity index (χ2n) is 6.09. The number of hydrogen-bond acceptors (Lipinski definition) is 4. The van der Waals surface area contributed by atoms with Crippen molar-refractivity contribution in [1.29, 1.82) is 0 Å². The lowest BCUT2D eigenvalue weighted by molar-refractivity contribution is -0.115. The minimum Gasteiger partial charge on any atom is -0.478 e. The van der Waals surface area contributed by atoms with Gasteiger partial charge in [-0.05, 0) is 23.6 Å². The fourth-order valence-corrected chi connectivity index (χ4v) is 2.96. The molecule has 7 heteroatoms. The normalized spacial score (nSPS) is 13.4. The number of aromatic carboxylic acids is 1. The molecule has 1 aliphatic heterocycles. The maximum Gasteiger partial charge on any atom is 0.339 e. The van der Waals surface area contributed by atoms with E-state index in [0.29, 0.717) is 31.0 Å². The van der Waals surface area contributed by atoms with Crippen molar-refractivity contribution in [3.8, 4) is 0 Å². The zero-order valence-corrected chi connectivity index (χ0v) is 15.8. The van der Waals surface area contributed by atoms with Crippen molar-refractivity contribution in [1.82, 2.24) is 4.98 Å². The number of amides is 1. The molecule has 1 aromatic heterocycles. The van der Waals surface area contributed by atoms with Gasteiger partial charge < -0.3 is 15.3 Å². The molecule has 0 bridgehead atoms. The van der Waals surface area contributed by atoms with Gasteiger partial charge in [-0.3, -0.25) is 4.79 Å². The molecule has 3 rings (SSSR count). The van der Waals surface area contributed by atoms with Gasteiger partial charge in [-0.1, -0.05) is 43.3 Å². The number of pyridine rings is 1. The van der Waals surface area contributed by atoms with Crippen LogP contribution in [-0.4, -0.2) is 35.1 Å². The Kier molecular flexibility index (Phi) is 6.96. The summed E-state index contributed by atoms with van der Waals surface area (Å²) in [6, 6.07) is 11.6. The van der Waals surface area contributed by atoms with Gasteiger partial charge in [0.2, 0.25) is 5.91 Å².